The Hall–Kier alpha value is 0.580. The van der Waals surface area contributed by atoms with Crippen LogP contribution < -0.4 is 0 Å². The second-order valence-corrected chi connectivity index (χ2v) is 5.67. The molecule has 0 fully saturated rings. The maximum absolute atomic E-state index is 5.85. The van der Waals surface area contributed by atoms with E-state index in [2.05, 4.69) is 27.7 Å². The van der Waals surface area contributed by atoms with E-state index >= 15 is 0 Å². The summed E-state index contributed by atoms with van der Waals surface area (Å²) in [6.07, 6.45) is 2.30. The van der Waals surface area contributed by atoms with E-state index in [1.807, 2.05) is 0 Å². The van der Waals surface area contributed by atoms with Crippen molar-refractivity contribution in [3.8, 4) is 0 Å². The monoisotopic (exact) mass is 210 g/mol. The van der Waals surface area contributed by atoms with E-state index in [0.717, 1.165) is 6.42 Å². The fourth-order valence-corrected chi connectivity index (χ4v) is 1.40. The summed E-state index contributed by atoms with van der Waals surface area (Å²) in [6, 6.07) is 0. The quantitative estimate of drug-likeness (QED) is 0.608. The first kappa shape index (κ1) is 12.6. The van der Waals surface area contributed by atoms with Gasteiger partial charge >= 0.3 is 0 Å². The van der Waals surface area contributed by atoms with Crippen molar-refractivity contribution in [2.24, 2.45) is 10.8 Å². The van der Waals surface area contributed by atoms with Crippen molar-refractivity contribution in [2.75, 3.05) is 11.8 Å². The first-order valence-corrected chi connectivity index (χ1v) is 5.52. The van der Waals surface area contributed by atoms with Crippen molar-refractivity contribution in [3.05, 3.63) is 0 Å². The molecule has 0 nitrogen and oxygen atoms in total. The Morgan fingerprint density at radius 2 is 1.25 bits per heavy atom. The Labute approximate surface area is 86.6 Å². The van der Waals surface area contributed by atoms with E-state index in [9.17, 15) is 0 Å². The molecule has 0 spiro atoms. The van der Waals surface area contributed by atoms with Crippen LogP contribution >= 0.6 is 23.2 Å². The van der Waals surface area contributed by atoms with Crippen molar-refractivity contribution in [3.63, 3.8) is 0 Å². The predicted molar refractivity (Wildman–Crippen MR) is 58.2 cm³/mol. The van der Waals surface area contributed by atoms with Crippen LogP contribution in [0.1, 0.15) is 40.5 Å². The molecule has 0 aliphatic rings. The standard InChI is InChI=1S/C10H20Cl2/c1-9(2,3)5-6-10(4,7-11)8-12/h5-8H2,1-4H3. The SMILES string of the molecule is CC(C)(C)CCC(C)(CCl)CCl. The highest BCUT2D eigenvalue weighted by Crippen LogP contribution is 2.32. The lowest BCUT2D eigenvalue weighted by Gasteiger charge is -2.28. The van der Waals surface area contributed by atoms with E-state index in [1.165, 1.54) is 6.42 Å². The predicted octanol–water partition coefficient (Wildman–Crippen LogP) is 4.30. The Kier molecular flexibility index (Phi) is 4.94. The summed E-state index contributed by atoms with van der Waals surface area (Å²) in [5.74, 6) is 1.32. The molecule has 0 aliphatic carbocycles. The summed E-state index contributed by atoms with van der Waals surface area (Å²) in [5, 5.41) is 0. The van der Waals surface area contributed by atoms with Gasteiger partial charge in [-0.05, 0) is 23.7 Å². The third-order valence-corrected chi connectivity index (χ3v) is 3.41. The van der Waals surface area contributed by atoms with Crippen LogP contribution in [0.25, 0.3) is 0 Å². The number of hydrogen-bond donors (Lipinski definition) is 0. The molecule has 0 rings (SSSR count). The molecular weight excluding hydrogens is 191 g/mol. The Morgan fingerprint density at radius 1 is 0.833 bits per heavy atom. The lowest BCUT2D eigenvalue weighted by Crippen LogP contribution is -2.23. The molecule has 0 heterocycles. The summed E-state index contributed by atoms with van der Waals surface area (Å²) in [7, 11) is 0. The molecule has 74 valence electrons. The van der Waals surface area contributed by atoms with Gasteiger partial charge in [-0.2, -0.15) is 0 Å². The summed E-state index contributed by atoms with van der Waals surface area (Å²) in [4.78, 5) is 0. The van der Waals surface area contributed by atoms with Gasteiger partial charge in [0.15, 0.2) is 0 Å². The molecule has 0 aromatic heterocycles. The molecule has 0 aliphatic heterocycles. The van der Waals surface area contributed by atoms with Crippen LogP contribution in [-0.2, 0) is 0 Å². The van der Waals surface area contributed by atoms with E-state index < -0.39 is 0 Å². The molecule has 0 N–H and O–H groups in total. The number of hydrogen-bond acceptors (Lipinski definition) is 0. The van der Waals surface area contributed by atoms with Crippen LogP contribution in [-0.4, -0.2) is 11.8 Å². The van der Waals surface area contributed by atoms with E-state index in [-0.39, 0.29) is 5.41 Å². The van der Waals surface area contributed by atoms with Crippen LogP contribution in [0.2, 0.25) is 0 Å². The molecule has 0 aromatic carbocycles. The van der Waals surface area contributed by atoms with Crippen LogP contribution in [0.3, 0.4) is 0 Å². The highest BCUT2D eigenvalue weighted by Gasteiger charge is 2.24. The fraction of sp³-hybridized carbons (Fsp3) is 1.00. The molecular formula is C10H20Cl2. The van der Waals surface area contributed by atoms with Crippen LogP contribution in [0.5, 0.6) is 0 Å². The minimum atomic E-state index is 0.121. The largest absolute Gasteiger partial charge is 0.126 e. The number of alkyl halides is 2. The van der Waals surface area contributed by atoms with Crippen molar-refractivity contribution >= 4 is 23.2 Å². The summed E-state index contributed by atoms with van der Waals surface area (Å²) < 4.78 is 0. The van der Waals surface area contributed by atoms with Gasteiger partial charge in [0.2, 0.25) is 0 Å². The topological polar surface area (TPSA) is 0 Å². The van der Waals surface area contributed by atoms with Crippen LogP contribution in [0.15, 0.2) is 0 Å². The number of rotatable bonds is 4. The molecule has 0 bridgehead atoms. The molecule has 0 amide bonds. The molecule has 0 saturated carbocycles. The van der Waals surface area contributed by atoms with Crippen molar-refractivity contribution in [1.82, 2.24) is 0 Å². The highest BCUT2D eigenvalue weighted by molar-refractivity contribution is 6.21. The minimum absolute atomic E-state index is 0.121. The van der Waals surface area contributed by atoms with Crippen LogP contribution in [0.4, 0.5) is 0 Å². The molecule has 0 aromatic rings. The maximum Gasteiger partial charge on any atom is 0.0288 e. The van der Waals surface area contributed by atoms with Gasteiger partial charge in [0.05, 0.1) is 0 Å². The first-order valence-electron chi connectivity index (χ1n) is 4.45. The van der Waals surface area contributed by atoms with Gasteiger partial charge in [0.1, 0.15) is 0 Å². The zero-order chi connectivity index (χ0) is 9.83. The third-order valence-electron chi connectivity index (χ3n) is 2.12. The normalized spacial score (nSPS) is 13.5. The Balaban J connectivity index is 3.89. The van der Waals surface area contributed by atoms with Gasteiger partial charge in [-0.1, -0.05) is 27.7 Å². The zero-order valence-corrected chi connectivity index (χ0v) is 10.1. The van der Waals surface area contributed by atoms with E-state index in [0.29, 0.717) is 17.2 Å². The van der Waals surface area contributed by atoms with Crippen molar-refractivity contribution in [2.45, 2.75) is 40.5 Å². The van der Waals surface area contributed by atoms with E-state index in [1.54, 1.807) is 0 Å². The summed E-state index contributed by atoms with van der Waals surface area (Å²) in [5.41, 5.74) is 0.510. The molecule has 0 saturated heterocycles. The van der Waals surface area contributed by atoms with Gasteiger partial charge in [0.25, 0.3) is 0 Å². The van der Waals surface area contributed by atoms with E-state index in [4.69, 9.17) is 23.2 Å². The average Bonchev–Trinajstić information content (AvgIpc) is 1.99. The Bertz CT molecular complexity index is 120. The second kappa shape index (κ2) is 4.72. The van der Waals surface area contributed by atoms with Crippen molar-refractivity contribution < 1.29 is 0 Å². The van der Waals surface area contributed by atoms with Gasteiger partial charge in [0, 0.05) is 11.8 Å². The molecule has 0 unspecified atom stereocenters. The third kappa shape index (κ3) is 5.27. The minimum Gasteiger partial charge on any atom is -0.126 e. The first-order chi connectivity index (χ1) is 5.33. The molecule has 2 heteroatoms. The zero-order valence-electron chi connectivity index (χ0n) is 8.58. The summed E-state index contributed by atoms with van der Waals surface area (Å²) in [6.45, 7) is 8.89. The van der Waals surface area contributed by atoms with Gasteiger partial charge < -0.3 is 0 Å². The molecule has 0 radical (unpaired) electrons. The maximum atomic E-state index is 5.85. The highest BCUT2D eigenvalue weighted by atomic mass is 35.5. The fourth-order valence-electron chi connectivity index (χ4n) is 0.846. The van der Waals surface area contributed by atoms with Gasteiger partial charge in [-0.25, -0.2) is 0 Å². The second-order valence-electron chi connectivity index (χ2n) is 5.14. The van der Waals surface area contributed by atoms with Crippen molar-refractivity contribution in [1.29, 1.82) is 0 Å². The summed E-state index contributed by atoms with van der Waals surface area (Å²) >= 11 is 11.7. The van der Waals surface area contributed by atoms with Gasteiger partial charge in [-0.3, -0.25) is 0 Å². The van der Waals surface area contributed by atoms with Crippen LogP contribution in [0, 0.1) is 10.8 Å². The lowest BCUT2D eigenvalue weighted by molar-refractivity contribution is 0.281. The average molecular weight is 211 g/mol. The lowest BCUT2D eigenvalue weighted by atomic mass is 9.81. The Morgan fingerprint density at radius 3 is 1.50 bits per heavy atom. The van der Waals surface area contributed by atoms with Gasteiger partial charge in [-0.15, -0.1) is 23.2 Å². The smallest absolute Gasteiger partial charge is 0.0288 e. The molecule has 0 atom stereocenters. The molecule has 12 heavy (non-hydrogen) atoms. The number of halogens is 2.